The molecular formula is C12H11BrClN5O. The van der Waals surface area contributed by atoms with E-state index in [9.17, 15) is 0 Å². The molecule has 104 valence electrons. The molecular weight excluding hydrogens is 346 g/mol. The summed E-state index contributed by atoms with van der Waals surface area (Å²) in [5.74, 6) is 2.06. The second-order valence-electron chi connectivity index (χ2n) is 4.09. The maximum atomic E-state index is 5.25. The summed E-state index contributed by atoms with van der Waals surface area (Å²) in [5.41, 5.74) is 0.915. The largest absolute Gasteiger partial charge is 1.00 e. The van der Waals surface area contributed by atoms with Crippen molar-refractivity contribution < 1.29 is 21.5 Å². The van der Waals surface area contributed by atoms with Crippen LogP contribution in [0.5, 0.6) is 0 Å². The number of hydrogen-bond acceptors (Lipinski definition) is 4. The molecule has 0 bridgehead atoms. The van der Waals surface area contributed by atoms with E-state index in [-0.39, 0.29) is 12.4 Å². The zero-order valence-electron chi connectivity index (χ0n) is 10.5. The summed E-state index contributed by atoms with van der Waals surface area (Å²) in [7, 11) is 0. The van der Waals surface area contributed by atoms with Gasteiger partial charge in [-0.15, -0.1) is 5.10 Å². The number of hydrogen-bond donors (Lipinski definition) is 1. The molecule has 0 atom stereocenters. The van der Waals surface area contributed by atoms with E-state index in [0.29, 0.717) is 18.3 Å². The van der Waals surface area contributed by atoms with Crippen molar-refractivity contribution in [1.82, 2.24) is 20.3 Å². The molecule has 0 saturated carbocycles. The van der Waals surface area contributed by atoms with E-state index in [0.717, 1.165) is 15.9 Å². The van der Waals surface area contributed by atoms with E-state index in [4.69, 9.17) is 4.52 Å². The van der Waals surface area contributed by atoms with Crippen LogP contribution in [0.2, 0.25) is 0 Å². The quantitative estimate of drug-likeness (QED) is 0.603. The number of rotatable bonds is 3. The number of aromatic nitrogens is 5. The lowest BCUT2D eigenvalue weighted by atomic mass is 10.2. The van der Waals surface area contributed by atoms with Crippen LogP contribution in [0.15, 0.2) is 39.6 Å². The van der Waals surface area contributed by atoms with E-state index in [1.807, 2.05) is 35.8 Å². The van der Waals surface area contributed by atoms with Crippen LogP contribution in [0.25, 0.3) is 11.4 Å². The third-order valence-electron chi connectivity index (χ3n) is 2.71. The van der Waals surface area contributed by atoms with Gasteiger partial charge in [-0.05, 0) is 12.1 Å². The lowest BCUT2D eigenvalue weighted by molar-refractivity contribution is -0.696. The van der Waals surface area contributed by atoms with Gasteiger partial charge < -0.3 is 16.9 Å². The first-order chi connectivity index (χ1) is 9.22. The maximum Gasteiger partial charge on any atom is 0.265 e. The van der Waals surface area contributed by atoms with Gasteiger partial charge in [-0.25, -0.2) is 4.57 Å². The molecule has 20 heavy (non-hydrogen) atoms. The Labute approximate surface area is 129 Å². The molecule has 8 heteroatoms. The Morgan fingerprint density at radius 3 is 2.95 bits per heavy atom. The highest BCUT2D eigenvalue weighted by Crippen LogP contribution is 2.20. The summed E-state index contributed by atoms with van der Waals surface area (Å²) in [6, 6.07) is 7.78. The predicted molar refractivity (Wildman–Crippen MR) is 70.1 cm³/mol. The molecule has 3 aromatic rings. The van der Waals surface area contributed by atoms with Gasteiger partial charge in [0.2, 0.25) is 11.6 Å². The molecule has 2 heterocycles. The lowest BCUT2D eigenvalue weighted by Crippen LogP contribution is -3.00. The molecule has 0 amide bonds. The molecule has 0 fully saturated rings. The van der Waals surface area contributed by atoms with Gasteiger partial charge in [0, 0.05) is 22.1 Å². The van der Waals surface area contributed by atoms with Crippen LogP contribution in [0.3, 0.4) is 0 Å². The van der Waals surface area contributed by atoms with Gasteiger partial charge in [-0.3, -0.25) is 0 Å². The van der Waals surface area contributed by atoms with Crippen LogP contribution in [0.1, 0.15) is 11.7 Å². The fourth-order valence-electron chi connectivity index (χ4n) is 1.71. The van der Waals surface area contributed by atoms with Crippen molar-refractivity contribution in [2.75, 3.05) is 0 Å². The van der Waals surface area contributed by atoms with Gasteiger partial charge in [0.25, 0.3) is 12.2 Å². The average molecular weight is 357 g/mol. The molecule has 3 rings (SSSR count). The second-order valence-corrected chi connectivity index (χ2v) is 5.01. The van der Waals surface area contributed by atoms with Crippen molar-refractivity contribution >= 4 is 15.9 Å². The first kappa shape index (κ1) is 14.7. The Kier molecular flexibility index (Phi) is 4.51. The highest BCUT2D eigenvalue weighted by Gasteiger charge is 2.13. The molecule has 0 aliphatic rings. The summed E-state index contributed by atoms with van der Waals surface area (Å²) >= 11 is 3.42. The second kappa shape index (κ2) is 6.15. The molecule has 0 aliphatic carbocycles. The summed E-state index contributed by atoms with van der Waals surface area (Å²) in [5, 5.41) is 10.8. The summed E-state index contributed by atoms with van der Waals surface area (Å²) in [6.45, 7) is 2.43. The minimum atomic E-state index is 0. The standard InChI is InChI=1S/C12H10BrN5O.ClH/c1-8-16-14-7-18(8)6-11-15-12(17-19-11)9-3-2-4-10(13)5-9;/h2-5,7H,6H2,1H3;1H. The summed E-state index contributed by atoms with van der Waals surface area (Å²) < 4.78 is 8.13. The Morgan fingerprint density at radius 1 is 1.40 bits per heavy atom. The first-order valence-corrected chi connectivity index (χ1v) is 6.49. The third-order valence-corrected chi connectivity index (χ3v) is 3.20. The SMILES string of the molecule is Cc1[nH]nc[n+]1Cc1nc(-c2cccc(Br)c2)no1.[Cl-]. The molecule has 0 spiro atoms. The maximum absolute atomic E-state index is 5.25. The van der Waals surface area contributed by atoms with Crippen molar-refractivity contribution in [3.05, 3.63) is 46.8 Å². The number of nitrogens with one attached hydrogen (secondary N) is 1. The van der Waals surface area contributed by atoms with Crippen LogP contribution in [0, 0.1) is 6.92 Å². The van der Waals surface area contributed by atoms with E-state index >= 15 is 0 Å². The first-order valence-electron chi connectivity index (χ1n) is 5.70. The normalized spacial score (nSPS) is 10.3. The Bertz CT molecular complexity index is 711. The number of nitrogens with zero attached hydrogens (tertiary/aromatic N) is 4. The summed E-state index contributed by atoms with van der Waals surface area (Å²) in [6.07, 6.45) is 1.69. The van der Waals surface area contributed by atoms with Gasteiger partial charge in [-0.1, -0.05) is 33.2 Å². The predicted octanol–water partition coefficient (Wildman–Crippen LogP) is -1.13. The van der Waals surface area contributed by atoms with Crippen molar-refractivity contribution in [2.45, 2.75) is 13.5 Å². The number of H-pyrrole nitrogens is 1. The van der Waals surface area contributed by atoms with Gasteiger partial charge in [0.1, 0.15) is 0 Å². The molecule has 0 unspecified atom stereocenters. The molecule has 1 N–H and O–H groups in total. The van der Waals surface area contributed by atoms with Crippen LogP contribution < -0.4 is 17.0 Å². The van der Waals surface area contributed by atoms with Gasteiger partial charge in [0.15, 0.2) is 6.54 Å². The Morgan fingerprint density at radius 2 is 2.25 bits per heavy atom. The number of aromatic amines is 1. The minimum absolute atomic E-state index is 0. The molecule has 0 aliphatic heterocycles. The smallest absolute Gasteiger partial charge is 0.265 e. The summed E-state index contributed by atoms with van der Waals surface area (Å²) in [4.78, 5) is 4.38. The van der Waals surface area contributed by atoms with Crippen LogP contribution in [-0.4, -0.2) is 20.3 Å². The highest BCUT2D eigenvalue weighted by molar-refractivity contribution is 9.10. The van der Waals surface area contributed by atoms with Gasteiger partial charge >= 0.3 is 0 Å². The van der Waals surface area contributed by atoms with E-state index < -0.39 is 0 Å². The molecule has 0 radical (unpaired) electrons. The van der Waals surface area contributed by atoms with Gasteiger partial charge in [0.05, 0.1) is 0 Å². The van der Waals surface area contributed by atoms with Gasteiger partial charge in [-0.2, -0.15) is 4.98 Å². The number of halogens is 2. The van der Waals surface area contributed by atoms with Crippen molar-refractivity contribution in [3.8, 4) is 11.4 Å². The fraction of sp³-hybridized carbons (Fsp3) is 0.167. The molecule has 6 nitrogen and oxygen atoms in total. The lowest BCUT2D eigenvalue weighted by Gasteiger charge is -1.94. The Hall–Kier alpha value is -1.73. The van der Waals surface area contributed by atoms with E-state index in [1.165, 1.54) is 0 Å². The zero-order chi connectivity index (χ0) is 13.2. The third kappa shape index (κ3) is 3.05. The highest BCUT2D eigenvalue weighted by atomic mass is 79.9. The van der Waals surface area contributed by atoms with E-state index in [2.05, 4.69) is 36.3 Å². The topological polar surface area (TPSA) is 71.5 Å². The zero-order valence-corrected chi connectivity index (χ0v) is 12.9. The fourth-order valence-corrected chi connectivity index (χ4v) is 2.11. The Balaban J connectivity index is 0.00000147. The monoisotopic (exact) mass is 355 g/mol. The van der Waals surface area contributed by atoms with Crippen LogP contribution in [-0.2, 0) is 6.54 Å². The molecule has 0 saturated heterocycles. The van der Waals surface area contributed by atoms with Crippen LogP contribution >= 0.6 is 15.9 Å². The number of aryl methyl sites for hydroxylation is 1. The average Bonchev–Trinajstić information content (AvgIpc) is 3.00. The number of benzene rings is 1. The van der Waals surface area contributed by atoms with Crippen molar-refractivity contribution in [2.24, 2.45) is 0 Å². The minimum Gasteiger partial charge on any atom is -1.00 e. The van der Waals surface area contributed by atoms with Crippen LogP contribution in [0.4, 0.5) is 0 Å². The van der Waals surface area contributed by atoms with E-state index in [1.54, 1.807) is 6.33 Å². The van der Waals surface area contributed by atoms with Crippen molar-refractivity contribution in [3.63, 3.8) is 0 Å². The molecule has 2 aromatic heterocycles. The van der Waals surface area contributed by atoms with Crippen molar-refractivity contribution in [1.29, 1.82) is 0 Å². The molecule has 1 aromatic carbocycles.